The van der Waals surface area contributed by atoms with E-state index < -0.39 is 0 Å². The van der Waals surface area contributed by atoms with Crippen LogP contribution in [0.2, 0.25) is 0 Å². The standard InChI is InChI=1S/C14H26N2/c1-2-11-5-3-7-14(11)16-9-12-6-4-8-15-13(12)10-16/h11-15H,2-10H2,1H3. The smallest absolute Gasteiger partial charge is 0.0235 e. The van der Waals surface area contributed by atoms with Crippen LogP contribution in [-0.4, -0.2) is 36.6 Å². The maximum atomic E-state index is 3.73. The number of rotatable bonds is 2. The van der Waals surface area contributed by atoms with E-state index in [9.17, 15) is 0 Å². The van der Waals surface area contributed by atoms with Gasteiger partial charge in [-0.3, -0.25) is 4.90 Å². The Morgan fingerprint density at radius 2 is 2.06 bits per heavy atom. The molecule has 0 aromatic carbocycles. The van der Waals surface area contributed by atoms with Crippen LogP contribution in [0.15, 0.2) is 0 Å². The van der Waals surface area contributed by atoms with Crippen molar-refractivity contribution in [3.05, 3.63) is 0 Å². The number of fused-ring (bicyclic) bond motifs is 1. The minimum Gasteiger partial charge on any atom is -0.312 e. The molecule has 2 saturated heterocycles. The van der Waals surface area contributed by atoms with Crippen molar-refractivity contribution in [3.63, 3.8) is 0 Å². The normalized spacial score (nSPS) is 44.8. The van der Waals surface area contributed by atoms with Gasteiger partial charge < -0.3 is 5.32 Å². The zero-order chi connectivity index (χ0) is 11.0. The molecule has 4 atom stereocenters. The molecule has 0 aromatic rings. The van der Waals surface area contributed by atoms with E-state index >= 15 is 0 Å². The summed E-state index contributed by atoms with van der Waals surface area (Å²) in [6.45, 7) is 6.37. The van der Waals surface area contributed by atoms with Crippen molar-refractivity contribution in [1.82, 2.24) is 10.2 Å². The molecule has 3 fully saturated rings. The first kappa shape index (κ1) is 11.0. The first-order chi connectivity index (χ1) is 7.88. The summed E-state index contributed by atoms with van der Waals surface area (Å²) in [7, 11) is 0. The molecule has 92 valence electrons. The zero-order valence-electron chi connectivity index (χ0n) is 10.6. The summed E-state index contributed by atoms with van der Waals surface area (Å²) < 4.78 is 0. The fraction of sp³-hybridized carbons (Fsp3) is 1.00. The van der Waals surface area contributed by atoms with Gasteiger partial charge in [-0.2, -0.15) is 0 Å². The van der Waals surface area contributed by atoms with Crippen LogP contribution in [0.5, 0.6) is 0 Å². The summed E-state index contributed by atoms with van der Waals surface area (Å²) in [6, 6.07) is 1.75. The lowest BCUT2D eigenvalue weighted by Gasteiger charge is -2.29. The van der Waals surface area contributed by atoms with Crippen LogP contribution in [0.25, 0.3) is 0 Å². The minimum absolute atomic E-state index is 0.826. The number of likely N-dealkylation sites (tertiary alicyclic amines) is 1. The Hall–Kier alpha value is -0.0800. The quantitative estimate of drug-likeness (QED) is 0.771. The summed E-state index contributed by atoms with van der Waals surface area (Å²) >= 11 is 0. The average Bonchev–Trinajstić information content (AvgIpc) is 2.94. The van der Waals surface area contributed by atoms with Gasteiger partial charge in [0.05, 0.1) is 0 Å². The summed E-state index contributed by atoms with van der Waals surface area (Å²) in [5, 5.41) is 3.73. The Morgan fingerprint density at radius 3 is 2.88 bits per heavy atom. The lowest BCUT2D eigenvalue weighted by atomic mass is 9.94. The van der Waals surface area contributed by atoms with Crippen molar-refractivity contribution in [3.8, 4) is 0 Å². The van der Waals surface area contributed by atoms with Crippen molar-refractivity contribution in [2.75, 3.05) is 19.6 Å². The van der Waals surface area contributed by atoms with E-state index in [0.717, 1.165) is 23.9 Å². The van der Waals surface area contributed by atoms with Crippen LogP contribution in [0, 0.1) is 11.8 Å². The fourth-order valence-electron chi connectivity index (χ4n) is 4.33. The second kappa shape index (κ2) is 4.66. The highest BCUT2D eigenvalue weighted by Gasteiger charge is 2.40. The third-order valence-electron chi connectivity index (χ3n) is 5.24. The molecule has 16 heavy (non-hydrogen) atoms. The molecule has 1 N–H and O–H groups in total. The zero-order valence-corrected chi connectivity index (χ0v) is 10.6. The summed E-state index contributed by atoms with van der Waals surface area (Å²) in [4.78, 5) is 2.83. The first-order valence-corrected chi connectivity index (χ1v) is 7.36. The van der Waals surface area contributed by atoms with Gasteiger partial charge in [-0.15, -0.1) is 0 Å². The van der Waals surface area contributed by atoms with Gasteiger partial charge in [0, 0.05) is 25.2 Å². The molecular formula is C14H26N2. The first-order valence-electron chi connectivity index (χ1n) is 7.36. The highest BCUT2D eigenvalue weighted by molar-refractivity contribution is 4.96. The van der Waals surface area contributed by atoms with Crippen LogP contribution in [0.3, 0.4) is 0 Å². The van der Waals surface area contributed by atoms with Gasteiger partial charge >= 0.3 is 0 Å². The van der Waals surface area contributed by atoms with Crippen LogP contribution < -0.4 is 5.32 Å². The molecule has 3 aliphatic rings. The van der Waals surface area contributed by atoms with Crippen molar-refractivity contribution < 1.29 is 0 Å². The van der Waals surface area contributed by atoms with E-state index in [1.54, 1.807) is 0 Å². The lowest BCUT2D eigenvalue weighted by molar-refractivity contribution is 0.186. The van der Waals surface area contributed by atoms with Gasteiger partial charge in [-0.1, -0.05) is 19.8 Å². The Balaban J connectivity index is 1.63. The van der Waals surface area contributed by atoms with Crippen LogP contribution in [0.4, 0.5) is 0 Å². The topological polar surface area (TPSA) is 15.3 Å². The van der Waals surface area contributed by atoms with Crippen molar-refractivity contribution in [2.24, 2.45) is 11.8 Å². The van der Waals surface area contributed by atoms with Gasteiger partial charge in [0.15, 0.2) is 0 Å². The van der Waals surface area contributed by atoms with E-state index in [0.29, 0.717) is 0 Å². The molecule has 0 spiro atoms. The Morgan fingerprint density at radius 1 is 1.12 bits per heavy atom. The highest BCUT2D eigenvalue weighted by atomic mass is 15.2. The molecule has 1 saturated carbocycles. The predicted molar refractivity (Wildman–Crippen MR) is 67.5 cm³/mol. The number of nitrogens with one attached hydrogen (secondary N) is 1. The number of hydrogen-bond acceptors (Lipinski definition) is 2. The van der Waals surface area contributed by atoms with Crippen LogP contribution >= 0.6 is 0 Å². The minimum atomic E-state index is 0.826. The molecule has 2 nitrogen and oxygen atoms in total. The second-order valence-corrected chi connectivity index (χ2v) is 6.08. The Labute approximate surface area is 99.8 Å². The lowest BCUT2D eigenvalue weighted by Crippen LogP contribution is -2.41. The molecule has 2 aliphatic heterocycles. The number of hydrogen-bond donors (Lipinski definition) is 1. The van der Waals surface area contributed by atoms with Crippen molar-refractivity contribution in [1.29, 1.82) is 0 Å². The van der Waals surface area contributed by atoms with E-state index in [1.807, 2.05) is 0 Å². The highest BCUT2D eigenvalue weighted by Crippen LogP contribution is 2.36. The summed E-state index contributed by atoms with van der Waals surface area (Å²) in [5.41, 5.74) is 0. The van der Waals surface area contributed by atoms with Gasteiger partial charge in [-0.25, -0.2) is 0 Å². The number of nitrogens with zero attached hydrogens (tertiary/aromatic N) is 1. The molecule has 0 amide bonds. The molecule has 0 bridgehead atoms. The van der Waals surface area contributed by atoms with Crippen molar-refractivity contribution >= 4 is 0 Å². The Kier molecular flexibility index (Phi) is 3.21. The van der Waals surface area contributed by atoms with Gasteiger partial charge in [-0.05, 0) is 44.1 Å². The van der Waals surface area contributed by atoms with Gasteiger partial charge in [0.1, 0.15) is 0 Å². The molecule has 1 aliphatic carbocycles. The van der Waals surface area contributed by atoms with Crippen LogP contribution in [-0.2, 0) is 0 Å². The van der Waals surface area contributed by atoms with Crippen molar-refractivity contribution in [2.45, 2.75) is 57.5 Å². The third kappa shape index (κ3) is 1.91. The average molecular weight is 222 g/mol. The third-order valence-corrected chi connectivity index (χ3v) is 5.24. The van der Waals surface area contributed by atoms with E-state index in [1.165, 1.54) is 58.2 Å². The van der Waals surface area contributed by atoms with E-state index in [2.05, 4.69) is 17.1 Å². The second-order valence-electron chi connectivity index (χ2n) is 6.08. The summed E-state index contributed by atoms with van der Waals surface area (Å²) in [5.74, 6) is 1.96. The molecule has 2 heterocycles. The van der Waals surface area contributed by atoms with Crippen LogP contribution in [0.1, 0.15) is 45.4 Å². The SMILES string of the molecule is CCC1CCCC1N1CC2CCCNC2C1. The fourth-order valence-corrected chi connectivity index (χ4v) is 4.33. The molecule has 4 unspecified atom stereocenters. The molecule has 0 aromatic heterocycles. The predicted octanol–water partition coefficient (Wildman–Crippen LogP) is 2.25. The summed E-state index contributed by atoms with van der Waals surface area (Å²) in [6.07, 6.45) is 8.69. The monoisotopic (exact) mass is 222 g/mol. The van der Waals surface area contributed by atoms with Gasteiger partial charge in [0.2, 0.25) is 0 Å². The maximum absolute atomic E-state index is 3.73. The molecule has 2 heteroatoms. The van der Waals surface area contributed by atoms with E-state index in [-0.39, 0.29) is 0 Å². The maximum Gasteiger partial charge on any atom is 0.0235 e. The van der Waals surface area contributed by atoms with E-state index in [4.69, 9.17) is 0 Å². The molecule has 3 rings (SSSR count). The molecular weight excluding hydrogens is 196 g/mol. The number of piperidine rings is 1. The molecule has 0 radical (unpaired) electrons. The largest absolute Gasteiger partial charge is 0.312 e. The van der Waals surface area contributed by atoms with Gasteiger partial charge in [0.25, 0.3) is 0 Å². The Bertz CT molecular complexity index is 227.